The Balaban J connectivity index is 1.88. The second-order valence-electron chi connectivity index (χ2n) is 13.5. The maximum absolute atomic E-state index is 2.50. The van der Waals surface area contributed by atoms with Gasteiger partial charge in [-0.1, -0.05) is 0 Å². The number of aryl methyl sites for hydroxylation is 10. The van der Waals surface area contributed by atoms with E-state index in [0.717, 1.165) is 0 Å². The first-order valence-corrected chi connectivity index (χ1v) is 15.5. The van der Waals surface area contributed by atoms with Crippen molar-refractivity contribution in [2.75, 3.05) is 0 Å². The van der Waals surface area contributed by atoms with Crippen LogP contribution in [0.2, 0.25) is 0 Å². The highest BCUT2D eigenvalue weighted by atomic mass is 15.0. The van der Waals surface area contributed by atoms with E-state index >= 15 is 0 Å². The van der Waals surface area contributed by atoms with Gasteiger partial charge in [-0.3, -0.25) is 0 Å². The predicted octanol–water partition coefficient (Wildman–Crippen LogP) is 11.0. The van der Waals surface area contributed by atoms with E-state index in [9.17, 15) is 0 Å². The van der Waals surface area contributed by atoms with Crippen LogP contribution in [0.5, 0.6) is 0 Å². The number of hydrogen-bond acceptors (Lipinski definition) is 0. The lowest BCUT2D eigenvalue weighted by Gasteiger charge is -2.22. The van der Waals surface area contributed by atoms with Crippen molar-refractivity contribution in [2.45, 2.75) is 96.9 Å². The zero-order valence-corrected chi connectivity index (χ0v) is 28.9. The molecule has 0 atom stereocenters. The van der Waals surface area contributed by atoms with Crippen LogP contribution in [-0.2, 0) is 14.1 Å². The molecule has 0 spiro atoms. The van der Waals surface area contributed by atoms with Gasteiger partial charge in [-0.05, 0) is 186 Å². The van der Waals surface area contributed by atoms with Crippen LogP contribution >= 0.6 is 0 Å². The molecule has 0 amide bonds. The van der Waals surface area contributed by atoms with Crippen LogP contribution in [0.4, 0.5) is 0 Å². The third-order valence-corrected chi connectivity index (χ3v) is 12.0. The van der Waals surface area contributed by atoms with E-state index in [1.807, 2.05) is 0 Å². The topological polar surface area (TPSA) is 9.86 Å². The van der Waals surface area contributed by atoms with E-state index in [1.165, 1.54) is 133 Å². The van der Waals surface area contributed by atoms with Gasteiger partial charge >= 0.3 is 0 Å². The molecule has 0 saturated heterocycles. The molecule has 0 unspecified atom stereocenters. The molecule has 6 rings (SSSR count). The highest BCUT2D eigenvalue weighted by molar-refractivity contribution is 6.18. The summed E-state index contributed by atoms with van der Waals surface area (Å²) in [6, 6.07) is 0. The molecule has 0 saturated carbocycles. The van der Waals surface area contributed by atoms with E-state index in [0.29, 0.717) is 0 Å². The van der Waals surface area contributed by atoms with Gasteiger partial charge in [0.2, 0.25) is 0 Å². The van der Waals surface area contributed by atoms with Gasteiger partial charge in [-0.2, -0.15) is 0 Å². The second kappa shape index (κ2) is 8.99. The molecule has 0 aliphatic carbocycles. The van der Waals surface area contributed by atoms with Crippen molar-refractivity contribution in [2.24, 2.45) is 14.1 Å². The molecule has 2 nitrogen and oxygen atoms in total. The molecular weight excluding hydrogens is 508 g/mol. The van der Waals surface area contributed by atoms with Crippen LogP contribution in [0.1, 0.15) is 77.9 Å². The van der Waals surface area contributed by atoms with E-state index in [-0.39, 0.29) is 0 Å². The molecule has 4 aromatic carbocycles. The average molecular weight is 557 g/mol. The first-order valence-electron chi connectivity index (χ1n) is 15.5. The molecule has 0 bridgehead atoms. The van der Waals surface area contributed by atoms with Crippen LogP contribution < -0.4 is 0 Å². The normalized spacial score (nSPS) is 12.3. The Morgan fingerprint density at radius 3 is 0.881 bits per heavy atom. The molecule has 218 valence electrons. The fourth-order valence-corrected chi connectivity index (χ4v) is 8.74. The number of rotatable bonds is 1. The van der Waals surface area contributed by atoms with Crippen LogP contribution in [0.15, 0.2) is 0 Å². The first-order chi connectivity index (χ1) is 19.6. The molecule has 2 aromatic heterocycles. The molecule has 2 heteroatoms. The average Bonchev–Trinajstić information content (AvgIpc) is 3.44. The zero-order chi connectivity index (χ0) is 31.0. The zero-order valence-electron chi connectivity index (χ0n) is 28.9. The molecule has 0 fully saturated rings. The summed E-state index contributed by atoms with van der Waals surface area (Å²) in [7, 11) is 4.56. The number of nitrogens with zero attached hydrogens (tertiary/aromatic N) is 2. The molecular formula is C40H48N2. The van der Waals surface area contributed by atoms with Crippen LogP contribution in [0, 0.1) is 96.9 Å². The lowest BCUT2D eigenvalue weighted by molar-refractivity contribution is 0.994. The number of fused-ring (bicyclic) bond motifs is 6. The summed E-state index contributed by atoms with van der Waals surface area (Å²) in [4.78, 5) is 0. The van der Waals surface area contributed by atoms with Crippen molar-refractivity contribution < 1.29 is 0 Å². The fraction of sp³-hybridized carbons (Fsp3) is 0.400. The van der Waals surface area contributed by atoms with Crippen molar-refractivity contribution >= 4 is 43.6 Å². The maximum atomic E-state index is 2.50. The van der Waals surface area contributed by atoms with Crippen molar-refractivity contribution in [1.29, 1.82) is 0 Å². The Morgan fingerprint density at radius 2 is 0.476 bits per heavy atom. The Bertz CT molecular complexity index is 2220. The maximum Gasteiger partial charge on any atom is 0.0527 e. The standard InChI is InChI=1S/C40H48N2/c1-17-19(3)26(10)37-33(21(17)5)35-24(8)23(7)32(30(14)40(35)42(37)16)31-25(9)28(12)39-36(29(31)13)34-22(6)18(2)20(4)27(11)38(34)41(39)15/h1-16H3. The van der Waals surface area contributed by atoms with Gasteiger partial charge in [0, 0.05) is 35.6 Å². The predicted molar refractivity (Wildman–Crippen MR) is 186 cm³/mol. The minimum atomic E-state index is 1.38. The molecule has 0 radical (unpaired) electrons. The minimum absolute atomic E-state index is 1.38. The Hall–Kier alpha value is -3.52. The van der Waals surface area contributed by atoms with Crippen molar-refractivity contribution in [3.05, 3.63) is 77.9 Å². The summed E-state index contributed by atoms with van der Waals surface area (Å²) in [5, 5.41) is 5.74. The Labute approximate surface area is 252 Å². The fourth-order valence-electron chi connectivity index (χ4n) is 8.74. The van der Waals surface area contributed by atoms with Gasteiger partial charge in [0.1, 0.15) is 0 Å². The molecule has 0 aliphatic heterocycles. The Kier molecular flexibility index (Phi) is 6.12. The summed E-state index contributed by atoms with van der Waals surface area (Å²) in [5.74, 6) is 0. The third kappa shape index (κ3) is 3.16. The highest BCUT2D eigenvalue weighted by Crippen LogP contribution is 2.48. The number of hydrogen-bond donors (Lipinski definition) is 0. The monoisotopic (exact) mass is 556 g/mol. The molecule has 0 aliphatic rings. The summed E-state index contributed by atoms with van der Waals surface area (Å²) in [5.41, 5.74) is 28.1. The van der Waals surface area contributed by atoms with Gasteiger partial charge in [-0.15, -0.1) is 0 Å². The van der Waals surface area contributed by atoms with E-state index in [2.05, 4.69) is 120 Å². The SMILES string of the molecule is Cc1c(C)c(C)c2c(c1C)c1c(C)c(-c3c(C)c(C)c4c5c(C)c(C)c(C)c(C)c5n(C)c4c3C)c(C)c(C)c1n2C. The quantitative estimate of drug-likeness (QED) is 0.191. The van der Waals surface area contributed by atoms with Crippen LogP contribution in [0.25, 0.3) is 54.7 Å². The van der Waals surface area contributed by atoms with E-state index in [4.69, 9.17) is 0 Å². The van der Waals surface area contributed by atoms with Crippen molar-refractivity contribution in [1.82, 2.24) is 9.13 Å². The smallest absolute Gasteiger partial charge is 0.0527 e. The summed E-state index contributed by atoms with van der Waals surface area (Å²) in [6.07, 6.45) is 0. The highest BCUT2D eigenvalue weighted by Gasteiger charge is 2.27. The van der Waals surface area contributed by atoms with Crippen LogP contribution in [-0.4, -0.2) is 9.13 Å². The lowest BCUT2D eigenvalue weighted by Crippen LogP contribution is -2.03. The summed E-state index contributed by atoms with van der Waals surface area (Å²) < 4.78 is 4.98. The van der Waals surface area contributed by atoms with Crippen LogP contribution in [0.3, 0.4) is 0 Å². The largest absolute Gasteiger partial charge is 0.343 e. The molecule has 0 N–H and O–H groups in total. The second-order valence-corrected chi connectivity index (χ2v) is 13.5. The lowest BCUT2D eigenvalue weighted by atomic mass is 9.82. The minimum Gasteiger partial charge on any atom is -0.343 e. The molecule has 6 aromatic rings. The number of benzene rings is 4. The van der Waals surface area contributed by atoms with Crippen molar-refractivity contribution in [3.63, 3.8) is 0 Å². The van der Waals surface area contributed by atoms with E-state index < -0.39 is 0 Å². The van der Waals surface area contributed by atoms with Gasteiger partial charge in [0.25, 0.3) is 0 Å². The van der Waals surface area contributed by atoms with Gasteiger partial charge in [0.05, 0.1) is 22.1 Å². The summed E-state index contributed by atoms with van der Waals surface area (Å²) >= 11 is 0. The Morgan fingerprint density at radius 1 is 0.238 bits per heavy atom. The first kappa shape index (κ1) is 28.6. The van der Waals surface area contributed by atoms with Gasteiger partial charge < -0.3 is 9.13 Å². The summed E-state index contributed by atoms with van der Waals surface area (Å²) in [6.45, 7) is 32.6. The molecule has 42 heavy (non-hydrogen) atoms. The van der Waals surface area contributed by atoms with Gasteiger partial charge in [-0.25, -0.2) is 0 Å². The number of aromatic nitrogens is 2. The molecule has 2 heterocycles. The van der Waals surface area contributed by atoms with Crippen molar-refractivity contribution in [3.8, 4) is 11.1 Å². The third-order valence-electron chi connectivity index (χ3n) is 12.0. The van der Waals surface area contributed by atoms with E-state index in [1.54, 1.807) is 0 Å². The van der Waals surface area contributed by atoms with Gasteiger partial charge in [0.15, 0.2) is 0 Å².